The number of amidine groups is 1. The summed E-state index contributed by atoms with van der Waals surface area (Å²) in [7, 11) is 0. The molecule has 1 atom stereocenters. The molecule has 9 nitrogen and oxygen atoms in total. The first-order valence-corrected chi connectivity index (χ1v) is 10.1. The lowest BCUT2D eigenvalue weighted by Gasteiger charge is -2.27. The second-order valence-corrected chi connectivity index (χ2v) is 7.34. The molecule has 0 radical (unpaired) electrons. The van der Waals surface area contributed by atoms with Crippen LogP contribution >= 0.6 is 22.9 Å². The van der Waals surface area contributed by atoms with Crippen LogP contribution in [-0.4, -0.2) is 45.9 Å². The summed E-state index contributed by atoms with van der Waals surface area (Å²) >= 11 is 7.77. The molecule has 1 unspecified atom stereocenters. The van der Waals surface area contributed by atoms with E-state index >= 15 is 0 Å². The van der Waals surface area contributed by atoms with Crippen molar-refractivity contribution in [1.29, 1.82) is 0 Å². The van der Waals surface area contributed by atoms with Gasteiger partial charge in [-0.15, -0.1) is 21.5 Å². The number of aliphatic hydroxyl groups is 1. The summed E-state index contributed by atoms with van der Waals surface area (Å²) in [5.74, 6) is 0.288. The molecule has 30 heavy (non-hydrogen) atoms. The molecular weight excluding hydrogens is 435 g/mol. The van der Waals surface area contributed by atoms with Gasteiger partial charge in [0.15, 0.2) is 10.8 Å². The summed E-state index contributed by atoms with van der Waals surface area (Å²) in [4.78, 5) is 14.3. The number of thiazole rings is 1. The van der Waals surface area contributed by atoms with Gasteiger partial charge in [0.2, 0.25) is 12.3 Å². The summed E-state index contributed by atoms with van der Waals surface area (Å²) < 4.78 is 19.1. The van der Waals surface area contributed by atoms with Crippen molar-refractivity contribution in [3.63, 3.8) is 0 Å². The monoisotopic (exact) mass is 450 g/mol. The molecule has 2 aromatic heterocycles. The van der Waals surface area contributed by atoms with E-state index in [4.69, 9.17) is 31.0 Å². The van der Waals surface area contributed by atoms with Gasteiger partial charge < -0.3 is 14.8 Å². The summed E-state index contributed by atoms with van der Waals surface area (Å²) in [6.07, 6.45) is 2.88. The number of hydrogen-bond acceptors (Lipinski definition) is 10. The highest BCUT2D eigenvalue weighted by Crippen LogP contribution is 2.40. The second kappa shape index (κ2) is 9.41. The van der Waals surface area contributed by atoms with Crippen LogP contribution < -0.4 is 10.8 Å². The van der Waals surface area contributed by atoms with Gasteiger partial charge in [-0.25, -0.2) is 9.37 Å². The lowest BCUT2D eigenvalue weighted by Crippen LogP contribution is -2.36. The quantitative estimate of drug-likeness (QED) is 0.353. The van der Waals surface area contributed by atoms with Crippen LogP contribution in [0.1, 0.15) is 22.5 Å². The Kier molecular flexibility index (Phi) is 6.45. The normalized spacial score (nSPS) is 16.5. The molecular formula is C18H16ClFN6O3S. The molecule has 0 spiro atoms. The van der Waals surface area contributed by atoms with Gasteiger partial charge >= 0.3 is 0 Å². The predicted molar refractivity (Wildman–Crippen MR) is 108 cm³/mol. The van der Waals surface area contributed by atoms with E-state index in [1.54, 1.807) is 12.3 Å². The molecule has 0 amide bonds. The molecule has 0 aliphatic carbocycles. The van der Waals surface area contributed by atoms with Crippen LogP contribution in [0.15, 0.2) is 51.3 Å². The van der Waals surface area contributed by atoms with Crippen molar-refractivity contribution in [3.05, 3.63) is 69.2 Å². The molecule has 12 heteroatoms. The van der Waals surface area contributed by atoms with Gasteiger partial charge in [-0.1, -0.05) is 17.7 Å². The topological polar surface area (TPSA) is 118 Å². The van der Waals surface area contributed by atoms with E-state index in [-0.39, 0.29) is 30.7 Å². The van der Waals surface area contributed by atoms with Crippen molar-refractivity contribution < 1.29 is 18.8 Å². The fraction of sp³-hybridized carbons (Fsp3) is 0.222. The molecule has 0 fully saturated rings. The molecule has 0 saturated heterocycles. The Hall–Kier alpha value is -2.70. The third-order valence-electron chi connectivity index (χ3n) is 4.15. The van der Waals surface area contributed by atoms with Crippen molar-refractivity contribution in [2.45, 2.75) is 6.04 Å². The van der Waals surface area contributed by atoms with Gasteiger partial charge in [0, 0.05) is 27.9 Å². The van der Waals surface area contributed by atoms with E-state index in [0.29, 0.717) is 27.7 Å². The third-order valence-corrected chi connectivity index (χ3v) is 5.26. The molecule has 156 valence electrons. The summed E-state index contributed by atoms with van der Waals surface area (Å²) in [5.41, 5.74) is 4.52. The van der Waals surface area contributed by atoms with Crippen LogP contribution in [0.4, 0.5) is 4.39 Å². The summed E-state index contributed by atoms with van der Waals surface area (Å²) in [5, 5.41) is 22.6. The first-order valence-electron chi connectivity index (χ1n) is 8.82. The zero-order valence-corrected chi connectivity index (χ0v) is 17.0. The van der Waals surface area contributed by atoms with Crippen LogP contribution in [0.5, 0.6) is 0 Å². The largest absolute Gasteiger partial charge is 0.424 e. The Labute approximate surface area is 179 Å². The Morgan fingerprint density at radius 2 is 2.30 bits per heavy atom. The number of nitrogens with zero attached hydrogens (tertiary/aromatic N) is 4. The maximum Gasteiger partial charge on any atom is 0.247 e. The average Bonchev–Trinajstić information content (AvgIpc) is 3.45. The van der Waals surface area contributed by atoms with Crippen molar-refractivity contribution in [3.8, 4) is 0 Å². The van der Waals surface area contributed by atoms with Crippen LogP contribution in [0.25, 0.3) is 5.57 Å². The van der Waals surface area contributed by atoms with Gasteiger partial charge in [0.1, 0.15) is 11.9 Å². The Morgan fingerprint density at radius 3 is 3.00 bits per heavy atom. The second-order valence-electron chi connectivity index (χ2n) is 6.04. The van der Waals surface area contributed by atoms with Crippen molar-refractivity contribution in [2.24, 2.45) is 4.99 Å². The number of aromatic nitrogens is 3. The first kappa shape index (κ1) is 20.6. The third kappa shape index (κ3) is 4.40. The highest BCUT2D eigenvalue weighted by atomic mass is 35.5. The number of rotatable bonds is 8. The molecule has 1 aromatic carbocycles. The Balaban J connectivity index is 1.81. The number of hydroxylamine groups is 1. The number of halogens is 2. The van der Waals surface area contributed by atoms with E-state index in [1.807, 2.05) is 5.38 Å². The number of hydrogen-bond donors (Lipinski definition) is 3. The van der Waals surface area contributed by atoms with E-state index in [9.17, 15) is 4.39 Å². The maximum atomic E-state index is 13.7. The zero-order chi connectivity index (χ0) is 20.9. The molecule has 0 saturated carbocycles. The van der Waals surface area contributed by atoms with Gasteiger partial charge in [-0.05, 0) is 12.1 Å². The standard InChI is InChI=1S/C18H16ClFN6O3S/c19-12-7-10(20)1-2-11(12)15-14(17-26-22-9-28-17)13(8-23-29-5-4-27)24-16(25-15)18-21-3-6-30-18/h1-3,6-7,9,15,23,27H,4-5,8H2,(H,24,25). The number of aliphatic hydroxyl groups excluding tert-OH is 1. The lowest BCUT2D eigenvalue weighted by atomic mass is 9.95. The van der Waals surface area contributed by atoms with Gasteiger partial charge in [-0.2, -0.15) is 5.48 Å². The predicted octanol–water partition coefficient (Wildman–Crippen LogP) is 2.33. The minimum absolute atomic E-state index is 0.115. The van der Waals surface area contributed by atoms with Gasteiger partial charge in [0.05, 0.1) is 25.3 Å². The first-order chi connectivity index (χ1) is 14.7. The SMILES string of the molecule is OCCONCC1=C(c2nnco2)C(c2ccc(F)cc2Cl)N=C(c2nccs2)N1. The average molecular weight is 451 g/mol. The fourth-order valence-electron chi connectivity index (χ4n) is 2.92. The highest BCUT2D eigenvalue weighted by Gasteiger charge is 2.32. The molecule has 3 heterocycles. The van der Waals surface area contributed by atoms with Crippen LogP contribution in [0.2, 0.25) is 5.02 Å². The van der Waals surface area contributed by atoms with Crippen molar-refractivity contribution in [1.82, 2.24) is 26.0 Å². The fourth-order valence-corrected chi connectivity index (χ4v) is 3.77. The minimum Gasteiger partial charge on any atom is -0.424 e. The van der Waals surface area contributed by atoms with Crippen LogP contribution in [0.3, 0.4) is 0 Å². The smallest absolute Gasteiger partial charge is 0.247 e. The minimum atomic E-state index is -0.659. The van der Waals surface area contributed by atoms with E-state index < -0.39 is 11.9 Å². The number of benzene rings is 1. The summed E-state index contributed by atoms with van der Waals surface area (Å²) in [6.45, 7) is 0.191. The lowest BCUT2D eigenvalue weighted by molar-refractivity contribution is 0.0220. The van der Waals surface area contributed by atoms with E-state index in [2.05, 4.69) is 26.0 Å². The molecule has 3 aromatic rings. The molecule has 3 N–H and O–H groups in total. The molecule has 0 bridgehead atoms. The van der Waals surface area contributed by atoms with Crippen molar-refractivity contribution >= 4 is 34.3 Å². The van der Waals surface area contributed by atoms with E-state index in [0.717, 1.165) is 0 Å². The molecule has 4 rings (SSSR count). The van der Waals surface area contributed by atoms with Crippen LogP contribution in [-0.2, 0) is 4.84 Å². The van der Waals surface area contributed by atoms with Gasteiger partial charge in [0.25, 0.3) is 0 Å². The van der Waals surface area contributed by atoms with Gasteiger partial charge in [-0.3, -0.25) is 9.83 Å². The summed E-state index contributed by atoms with van der Waals surface area (Å²) in [6, 6.07) is 3.45. The Morgan fingerprint density at radius 1 is 1.40 bits per heavy atom. The molecule has 1 aliphatic heterocycles. The maximum absolute atomic E-state index is 13.7. The van der Waals surface area contributed by atoms with Crippen LogP contribution in [0, 0.1) is 5.82 Å². The number of nitrogens with one attached hydrogen (secondary N) is 2. The zero-order valence-electron chi connectivity index (χ0n) is 15.4. The van der Waals surface area contributed by atoms with Crippen molar-refractivity contribution in [2.75, 3.05) is 19.8 Å². The number of aliphatic imine (C=N–C) groups is 1. The van der Waals surface area contributed by atoms with E-state index in [1.165, 1.54) is 29.9 Å². The highest BCUT2D eigenvalue weighted by molar-refractivity contribution is 7.11. The Bertz CT molecular complexity index is 1060. The molecule has 1 aliphatic rings.